The lowest BCUT2D eigenvalue weighted by Crippen LogP contribution is -2.49. The first-order valence-electron chi connectivity index (χ1n) is 6.61. The fraction of sp³-hybridized carbons (Fsp3) is 0.500. The Kier molecular flexibility index (Phi) is 5.23. The number of amides is 1. The van der Waals surface area contributed by atoms with Gasteiger partial charge in [-0.1, -0.05) is 11.6 Å². The van der Waals surface area contributed by atoms with Crippen molar-refractivity contribution >= 4 is 17.5 Å². The van der Waals surface area contributed by atoms with Crippen molar-refractivity contribution in [3.63, 3.8) is 0 Å². The van der Waals surface area contributed by atoms with Gasteiger partial charge >= 0.3 is 0 Å². The first-order chi connectivity index (χ1) is 9.65. The van der Waals surface area contributed by atoms with Crippen LogP contribution in [0.25, 0.3) is 0 Å². The summed E-state index contributed by atoms with van der Waals surface area (Å²) in [6, 6.07) is 5.05. The highest BCUT2D eigenvalue weighted by molar-refractivity contribution is 6.31. The van der Waals surface area contributed by atoms with Crippen molar-refractivity contribution in [2.45, 2.75) is 0 Å². The van der Waals surface area contributed by atoms with Gasteiger partial charge < -0.3 is 14.7 Å². The summed E-state index contributed by atoms with van der Waals surface area (Å²) in [5, 5.41) is 9.44. The Morgan fingerprint density at radius 1 is 1.35 bits per heavy atom. The summed E-state index contributed by atoms with van der Waals surface area (Å²) in [7, 11) is 1.54. The van der Waals surface area contributed by atoms with Crippen molar-refractivity contribution in [1.82, 2.24) is 9.80 Å². The molecular weight excluding hydrogens is 280 g/mol. The molecular formula is C14H19ClN2O3. The molecule has 1 aliphatic heterocycles. The monoisotopic (exact) mass is 298 g/mol. The molecule has 1 saturated heterocycles. The Labute approximate surface area is 123 Å². The molecule has 1 aromatic carbocycles. The van der Waals surface area contributed by atoms with Gasteiger partial charge in [0.1, 0.15) is 5.75 Å². The third-order valence-electron chi connectivity index (χ3n) is 3.47. The number of carbonyl (C=O) groups is 1. The average molecular weight is 299 g/mol. The second-order valence-corrected chi connectivity index (χ2v) is 5.14. The van der Waals surface area contributed by atoms with Gasteiger partial charge in [-0.3, -0.25) is 9.69 Å². The number of nitrogens with zero attached hydrogens (tertiary/aromatic N) is 2. The predicted octanol–water partition coefficient (Wildman–Crippen LogP) is 1.10. The number of hydrogen-bond acceptors (Lipinski definition) is 4. The lowest BCUT2D eigenvalue weighted by Gasteiger charge is -2.34. The maximum Gasteiger partial charge on any atom is 0.257 e. The SMILES string of the molecule is COc1ccc(Cl)cc1C(=O)N1CCN(CCO)CC1. The van der Waals surface area contributed by atoms with Crippen molar-refractivity contribution in [2.24, 2.45) is 0 Å². The van der Waals surface area contributed by atoms with E-state index >= 15 is 0 Å². The van der Waals surface area contributed by atoms with Crippen molar-refractivity contribution in [3.8, 4) is 5.75 Å². The van der Waals surface area contributed by atoms with E-state index in [1.165, 1.54) is 0 Å². The molecule has 0 saturated carbocycles. The van der Waals surface area contributed by atoms with Crippen LogP contribution in [0.15, 0.2) is 18.2 Å². The lowest BCUT2D eigenvalue weighted by molar-refractivity contribution is 0.0612. The Morgan fingerprint density at radius 3 is 2.65 bits per heavy atom. The Bertz CT molecular complexity index is 473. The topological polar surface area (TPSA) is 53.0 Å². The maximum absolute atomic E-state index is 12.5. The Hall–Kier alpha value is -1.30. The van der Waals surface area contributed by atoms with E-state index in [1.54, 1.807) is 30.2 Å². The molecule has 0 unspecified atom stereocenters. The van der Waals surface area contributed by atoms with Gasteiger partial charge in [0.25, 0.3) is 5.91 Å². The molecule has 0 bridgehead atoms. The number of ether oxygens (including phenoxy) is 1. The average Bonchev–Trinajstić information content (AvgIpc) is 2.47. The minimum Gasteiger partial charge on any atom is -0.496 e. The molecule has 0 radical (unpaired) electrons. The third kappa shape index (κ3) is 3.42. The zero-order valence-electron chi connectivity index (χ0n) is 11.5. The predicted molar refractivity (Wildman–Crippen MR) is 77.4 cm³/mol. The van der Waals surface area contributed by atoms with Crippen LogP contribution in [-0.2, 0) is 0 Å². The number of piperazine rings is 1. The molecule has 6 heteroatoms. The molecule has 1 fully saturated rings. The molecule has 1 amide bonds. The second kappa shape index (κ2) is 6.92. The van der Waals surface area contributed by atoms with E-state index in [0.29, 0.717) is 36.0 Å². The lowest BCUT2D eigenvalue weighted by atomic mass is 10.1. The number of carbonyl (C=O) groups excluding carboxylic acids is 1. The summed E-state index contributed by atoms with van der Waals surface area (Å²) < 4.78 is 5.22. The summed E-state index contributed by atoms with van der Waals surface area (Å²) in [6.07, 6.45) is 0. The van der Waals surface area contributed by atoms with Gasteiger partial charge in [0, 0.05) is 37.7 Å². The van der Waals surface area contributed by atoms with E-state index in [9.17, 15) is 4.79 Å². The third-order valence-corrected chi connectivity index (χ3v) is 3.70. The standard InChI is InChI=1S/C14H19ClN2O3/c1-20-13-3-2-11(15)10-12(13)14(19)17-6-4-16(5-7-17)8-9-18/h2-3,10,18H,4-9H2,1H3. The van der Waals surface area contributed by atoms with Crippen LogP contribution in [0, 0.1) is 0 Å². The summed E-state index contributed by atoms with van der Waals surface area (Å²) in [5.74, 6) is 0.477. The largest absolute Gasteiger partial charge is 0.496 e. The van der Waals surface area contributed by atoms with E-state index in [1.807, 2.05) is 0 Å². The number of benzene rings is 1. The first-order valence-corrected chi connectivity index (χ1v) is 6.99. The number of β-amino-alcohol motifs (C(OH)–C–C–N with tert-alkyl or cyclic N) is 1. The minimum absolute atomic E-state index is 0.0620. The molecule has 1 aromatic rings. The van der Waals surface area contributed by atoms with Crippen LogP contribution in [-0.4, -0.2) is 67.3 Å². The normalized spacial score (nSPS) is 16.2. The molecule has 0 atom stereocenters. The van der Waals surface area contributed by atoms with Crippen LogP contribution in [0.2, 0.25) is 5.02 Å². The number of aliphatic hydroxyl groups excluding tert-OH is 1. The van der Waals surface area contributed by atoms with Crippen molar-refractivity contribution < 1.29 is 14.6 Å². The maximum atomic E-state index is 12.5. The van der Waals surface area contributed by atoms with Crippen molar-refractivity contribution in [2.75, 3.05) is 46.4 Å². The summed E-state index contributed by atoms with van der Waals surface area (Å²) in [6.45, 7) is 3.64. The van der Waals surface area contributed by atoms with Crippen LogP contribution >= 0.6 is 11.6 Å². The second-order valence-electron chi connectivity index (χ2n) is 4.70. The summed E-state index contributed by atoms with van der Waals surface area (Å²) >= 11 is 5.96. The molecule has 110 valence electrons. The molecule has 1 heterocycles. The van der Waals surface area contributed by atoms with Gasteiger partial charge in [0.2, 0.25) is 0 Å². The van der Waals surface area contributed by atoms with Gasteiger partial charge in [-0.15, -0.1) is 0 Å². The van der Waals surface area contributed by atoms with E-state index < -0.39 is 0 Å². The quantitative estimate of drug-likeness (QED) is 0.904. The van der Waals surface area contributed by atoms with Crippen molar-refractivity contribution in [1.29, 1.82) is 0 Å². The van der Waals surface area contributed by atoms with Crippen LogP contribution < -0.4 is 4.74 Å². The van der Waals surface area contributed by atoms with Gasteiger partial charge in [-0.2, -0.15) is 0 Å². The molecule has 5 nitrogen and oxygen atoms in total. The number of aliphatic hydroxyl groups is 1. The van der Waals surface area contributed by atoms with Crippen LogP contribution in [0.4, 0.5) is 0 Å². The first kappa shape index (κ1) is 15.1. The van der Waals surface area contributed by atoms with Gasteiger partial charge in [0.05, 0.1) is 19.3 Å². The molecule has 1 N–H and O–H groups in total. The highest BCUT2D eigenvalue weighted by Crippen LogP contribution is 2.24. The Balaban J connectivity index is 2.07. The highest BCUT2D eigenvalue weighted by atomic mass is 35.5. The fourth-order valence-electron chi connectivity index (χ4n) is 2.33. The minimum atomic E-state index is -0.0620. The molecule has 0 spiro atoms. The Morgan fingerprint density at radius 2 is 2.05 bits per heavy atom. The molecule has 20 heavy (non-hydrogen) atoms. The van der Waals surface area contributed by atoms with Crippen LogP contribution in [0.3, 0.4) is 0 Å². The summed E-state index contributed by atoms with van der Waals surface area (Å²) in [4.78, 5) is 16.4. The number of halogens is 1. The van der Waals surface area contributed by atoms with E-state index in [2.05, 4.69) is 4.90 Å². The van der Waals surface area contributed by atoms with E-state index in [4.69, 9.17) is 21.4 Å². The number of hydrogen-bond donors (Lipinski definition) is 1. The molecule has 2 rings (SSSR count). The fourth-order valence-corrected chi connectivity index (χ4v) is 2.51. The van der Waals surface area contributed by atoms with Crippen LogP contribution in [0.5, 0.6) is 5.75 Å². The van der Waals surface area contributed by atoms with Gasteiger partial charge in [-0.25, -0.2) is 0 Å². The van der Waals surface area contributed by atoms with Gasteiger partial charge in [0.15, 0.2) is 0 Å². The van der Waals surface area contributed by atoms with E-state index in [0.717, 1.165) is 13.1 Å². The number of rotatable bonds is 4. The van der Waals surface area contributed by atoms with E-state index in [-0.39, 0.29) is 12.5 Å². The highest BCUT2D eigenvalue weighted by Gasteiger charge is 2.24. The zero-order chi connectivity index (χ0) is 14.5. The molecule has 1 aliphatic rings. The summed E-state index contributed by atoms with van der Waals surface area (Å²) in [5.41, 5.74) is 0.496. The van der Waals surface area contributed by atoms with Crippen LogP contribution in [0.1, 0.15) is 10.4 Å². The smallest absolute Gasteiger partial charge is 0.257 e. The molecule has 0 aliphatic carbocycles. The number of methoxy groups -OCH3 is 1. The zero-order valence-corrected chi connectivity index (χ0v) is 12.3. The van der Waals surface area contributed by atoms with Crippen molar-refractivity contribution in [3.05, 3.63) is 28.8 Å². The molecule has 0 aromatic heterocycles. The van der Waals surface area contributed by atoms with Gasteiger partial charge in [-0.05, 0) is 18.2 Å².